The van der Waals surface area contributed by atoms with Gasteiger partial charge in [0.15, 0.2) is 11.5 Å². The van der Waals surface area contributed by atoms with Gasteiger partial charge in [-0.15, -0.1) is 0 Å². The van der Waals surface area contributed by atoms with Gasteiger partial charge in [-0.3, -0.25) is 5.10 Å². The van der Waals surface area contributed by atoms with E-state index in [0.29, 0.717) is 28.5 Å². The van der Waals surface area contributed by atoms with Gasteiger partial charge in [0, 0.05) is 22.8 Å². The quantitative estimate of drug-likeness (QED) is 0.367. The second-order valence-electron chi connectivity index (χ2n) is 6.90. The Labute approximate surface area is 189 Å². The number of benzene rings is 3. The molecule has 1 aromatic heterocycles. The molecule has 0 amide bonds. The van der Waals surface area contributed by atoms with E-state index < -0.39 is 5.82 Å². The number of phenolic OH excluding ortho intramolecular Hbond substituents is 1. The second kappa shape index (κ2) is 9.20. The molecule has 0 aliphatic carbocycles. The Morgan fingerprint density at radius 3 is 2.53 bits per heavy atom. The summed E-state index contributed by atoms with van der Waals surface area (Å²) < 4.78 is 30.3. The average Bonchev–Trinajstić information content (AvgIpc) is 3.28. The molecule has 4 rings (SSSR count). The molecule has 32 heavy (non-hydrogen) atoms. The van der Waals surface area contributed by atoms with Crippen LogP contribution in [-0.2, 0) is 6.61 Å². The fraction of sp³-hybridized carbons (Fsp3) is 0.125. The second-order valence-corrected chi connectivity index (χ2v) is 7.30. The Kier molecular flexibility index (Phi) is 6.18. The fourth-order valence-electron chi connectivity index (χ4n) is 3.35. The highest BCUT2D eigenvalue weighted by atomic mass is 35.5. The van der Waals surface area contributed by atoms with Gasteiger partial charge in [0.05, 0.1) is 31.1 Å². The molecular weight excluding hydrogens is 435 g/mol. The molecule has 1 heterocycles. The minimum atomic E-state index is -0.449. The lowest BCUT2D eigenvalue weighted by atomic mass is 10.0. The number of H-pyrrole nitrogens is 1. The molecule has 0 aliphatic heterocycles. The number of hydrogen-bond donors (Lipinski definition) is 2. The fourth-order valence-corrected chi connectivity index (χ4v) is 3.57. The molecule has 6 nitrogen and oxygen atoms in total. The summed E-state index contributed by atoms with van der Waals surface area (Å²) in [4.78, 5) is 0. The third-order valence-corrected chi connectivity index (χ3v) is 5.37. The van der Waals surface area contributed by atoms with Crippen LogP contribution in [0.2, 0.25) is 5.02 Å². The van der Waals surface area contributed by atoms with Crippen molar-refractivity contribution in [2.45, 2.75) is 6.61 Å². The van der Waals surface area contributed by atoms with Crippen LogP contribution in [0.5, 0.6) is 23.0 Å². The summed E-state index contributed by atoms with van der Waals surface area (Å²) >= 11 is 6.04. The van der Waals surface area contributed by atoms with E-state index in [9.17, 15) is 9.50 Å². The number of nitrogens with zero attached hydrogens (tertiary/aromatic N) is 1. The van der Waals surface area contributed by atoms with Crippen LogP contribution in [-0.4, -0.2) is 29.5 Å². The number of rotatable bonds is 7. The maximum atomic E-state index is 13.9. The first-order valence-corrected chi connectivity index (χ1v) is 10.0. The average molecular weight is 455 g/mol. The molecule has 0 aliphatic rings. The maximum absolute atomic E-state index is 13.9. The van der Waals surface area contributed by atoms with Gasteiger partial charge in [0.2, 0.25) is 0 Å². The summed E-state index contributed by atoms with van der Waals surface area (Å²) in [7, 11) is 3.14. The lowest BCUT2D eigenvalue weighted by Crippen LogP contribution is -1.99. The van der Waals surface area contributed by atoms with E-state index in [0.717, 1.165) is 11.1 Å². The molecule has 0 fully saturated rings. The molecule has 2 N–H and O–H groups in total. The Morgan fingerprint density at radius 2 is 1.81 bits per heavy atom. The highest BCUT2D eigenvalue weighted by molar-refractivity contribution is 6.31. The van der Waals surface area contributed by atoms with Gasteiger partial charge in [-0.05, 0) is 42.0 Å². The molecule has 3 aromatic carbocycles. The lowest BCUT2D eigenvalue weighted by Gasteiger charge is -2.12. The van der Waals surface area contributed by atoms with Crippen molar-refractivity contribution in [3.05, 3.63) is 77.2 Å². The molecule has 0 unspecified atom stereocenters. The molecule has 164 valence electrons. The van der Waals surface area contributed by atoms with Crippen LogP contribution in [0.15, 0.2) is 60.8 Å². The van der Waals surface area contributed by atoms with Crippen molar-refractivity contribution in [2.24, 2.45) is 0 Å². The number of aromatic nitrogens is 2. The summed E-state index contributed by atoms with van der Waals surface area (Å²) in [5, 5.41) is 18.0. The summed E-state index contributed by atoms with van der Waals surface area (Å²) in [5.74, 6) is 1.10. The number of methoxy groups -OCH3 is 2. The van der Waals surface area contributed by atoms with Gasteiger partial charge < -0.3 is 19.3 Å². The molecule has 0 spiro atoms. The van der Waals surface area contributed by atoms with Crippen LogP contribution in [0, 0.1) is 5.82 Å². The van der Waals surface area contributed by atoms with Crippen LogP contribution < -0.4 is 14.2 Å². The Morgan fingerprint density at radius 1 is 1.00 bits per heavy atom. The van der Waals surface area contributed by atoms with Crippen molar-refractivity contribution >= 4 is 11.6 Å². The Balaban J connectivity index is 1.61. The summed E-state index contributed by atoms with van der Waals surface area (Å²) in [6.45, 7) is -0.0642. The van der Waals surface area contributed by atoms with E-state index in [4.69, 9.17) is 25.8 Å². The zero-order valence-electron chi connectivity index (χ0n) is 17.4. The number of halogens is 2. The zero-order valence-corrected chi connectivity index (χ0v) is 18.1. The van der Waals surface area contributed by atoms with Crippen LogP contribution in [0.1, 0.15) is 5.56 Å². The van der Waals surface area contributed by atoms with Crippen molar-refractivity contribution in [3.63, 3.8) is 0 Å². The van der Waals surface area contributed by atoms with E-state index in [1.807, 2.05) is 12.1 Å². The lowest BCUT2D eigenvalue weighted by molar-refractivity contribution is 0.298. The van der Waals surface area contributed by atoms with Crippen molar-refractivity contribution < 1.29 is 23.7 Å². The Bertz CT molecular complexity index is 1240. The minimum Gasteiger partial charge on any atom is -0.507 e. The van der Waals surface area contributed by atoms with Gasteiger partial charge in [-0.2, -0.15) is 5.10 Å². The number of aromatic amines is 1. The van der Waals surface area contributed by atoms with E-state index in [2.05, 4.69) is 10.2 Å². The third-order valence-electron chi connectivity index (χ3n) is 5.02. The molecule has 0 bridgehead atoms. The number of aromatic hydroxyl groups is 1. The number of hydrogen-bond acceptors (Lipinski definition) is 5. The smallest absolute Gasteiger partial charge is 0.161 e. The number of nitrogens with one attached hydrogen (secondary N) is 1. The van der Waals surface area contributed by atoms with Crippen LogP contribution in [0.4, 0.5) is 4.39 Å². The molecule has 4 aromatic rings. The summed E-state index contributed by atoms with van der Waals surface area (Å²) in [5.41, 5.74) is 3.01. The standard InChI is InChI=1S/C24H20ClFN2O4/c1-30-22-9-6-14(10-23(22)31-2)17-12-27-28-24(17)16-8-7-15(11-21(16)29)32-13-18-19(25)4-3-5-20(18)26/h3-12,29H,13H2,1-2H3,(H,27,28). The molecular formula is C24H20ClFN2O4. The van der Waals surface area contributed by atoms with Crippen LogP contribution in [0.3, 0.4) is 0 Å². The predicted molar refractivity (Wildman–Crippen MR) is 120 cm³/mol. The van der Waals surface area contributed by atoms with Crippen LogP contribution >= 0.6 is 11.6 Å². The van der Waals surface area contributed by atoms with E-state index in [1.165, 1.54) is 18.2 Å². The monoisotopic (exact) mass is 454 g/mol. The highest BCUT2D eigenvalue weighted by Gasteiger charge is 2.16. The molecule has 0 saturated carbocycles. The number of ether oxygens (including phenoxy) is 3. The van der Waals surface area contributed by atoms with Crippen molar-refractivity contribution in [1.29, 1.82) is 0 Å². The van der Waals surface area contributed by atoms with E-state index >= 15 is 0 Å². The normalized spacial score (nSPS) is 10.8. The zero-order chi connectivity index (χ0) is 22.7. The van der Waals surface area contributed by atoms with Gasteiger partial charge in [0.1, 0.15) is 23.9 Å². The first kappa shape index (κ1) is 21.5. The maximum Gasteiger partial charge on any atom is 0.161 e. The summed E-state index contributed by atoms with van der Waals surface area (Å²) in [6, 6.07) is 14.8. The number of phenols is 1. The van der Waals surface area contributed by atoms with Gasteiger partial charge >= 0.3 is 0 Å². The topological polar surface area (TPSA) is 76.6 Å². The van der Waals surface area contributed by atoms with Gasteiger partial charge in [-0.25, -0.2) is 4.39 Å². The van der Waals surface area contributed by atoms with Gasteiger partial charge in [-0.1, -0.05) is 23.7 Å². The Hall–Kier alpha value is -3.71. The first-order valence-electron chi connectivity index (χ1n) is 9.66. The van der Waals surface area contributed by atoms with Crippen LogP contribution in [0.25, 0.3) is 22.4 Å². The minimum absolute atomic E-state index is 0.0203. The molecule has 0 saturated heterocycles. The largest absolute Gasteiger partial charge is 0.507 e. The summed E-state index contributed by atoms with van der Waals surface area (Å²) in [6.07, 6.45) is 1.67. The molecule has 8 heteroatoms. The van der Waals surface area contributed by atoms with Crippen molar-refractivity contribution in [1.82, 2.24) is 10.2 Å². The van der Waals surface area contributed by atoms with Gasteiger partial charge in [0.25, 0.3) is 0 Å². The van der Waals surface area contributed by atoms with Crippen molar-refractivity contribution in [2.75, 3.05) is 14.2 Å². The third kappa shape index (κ3) is 4.20. The van der Waals surface area contributed by atoms with E-state index in [1.54, 1.807) is 44.7 Å². The first-order chi connectivity index (χ1) is 15.5. The van der Waals surface area contributed by atoms with Crippen molar-refractivity contribution in [3.8, 4) is 45.4 Å². The predicted octanol–water partition coefficient (Wildman–Crippen LogP) is 5.84. The molecule has 0 atom stereocenters. The SMILES string of the molecule is COc1ccc(-c2cn[nH]c2-c2ccc(OCc3c(F)cccc3Cl)cc2O)cc1OC. The highest BCUT2D eigenvalue weighted by Crippen LogP contribution is 2.39. The molecule has 0 radical (unpaired) electrons. The van der Waals surface area contributed by atoms with E-state index in [-0.39, 0.29) is 22.9 Å².